The van der Waals surface area contributed by atoms with Crippen LogP contribution in [0.5, 0.6) is 5.75 Å². The number of amides is 1. The topological polar surface area (TPSA) is 73.6 Å². The van der Waals surface area contributed by atoms with Crippen LogP contribution in [0.25, 0.3) is 0 Å². The van der Waals surface area contributed by atoms with Crippen molar-refractivity contribution >= 4 is 28.6 Å². The fourth-order valence-electron chi connectivity index (χ4n) is 1.77. The number of thiophene rings is 1. The molecule has 1 aromatic carbocycles. The first-order chi connectivity index (χ1) is 10.1. The Bertz CT molecular complexity index is 625. The summed E-state index contributed by atoms with van der Waals surface area (Å²) in [5.74, 6) is 0.387. The molecule has 0 fully saturated rings. The Labute approximate surface area is 127 Å². The number of hydrogen-bond donors (Lipinski definition) is 2. The van der Waals surface area contributed by atoms with Crippen molar-refractivity contribution in [2.24, 2.45) is 0 Å². The SMILES string of the molecule is COCCOc1cc(C)ccc1NC(=O)c1sccc1N. The van der Waals surface area contributed by atoms with E-state index in [0.717, 1.165) is 5.56 Å². The van der Waals surface area contributed by atoms with E-state index in [1.54, 1.807) is 18.6 Å². The minimum atomic E-state index is -0.233. The van der Waals surface area contributed by atoms with E-state index in [2.05, 4.69) is 5.32 Å². The zero-order valence-corrected chi connectivity index (χ0v) is 12.8. The van der Waals surface area contributed by atoms with Crippen molar-refractivity contribution in [3.8, 4) is 5.75 Å². The van der Waals surface area contributed by atoms with Crippen molar-refractivity contribution in [3.05, 3.63) is 40.1 Å². The van der Waals surface area contributed by atoms with Crippen LogP contribution in [0.1, 0.15) is 15.2 Å². The van der Waals surface area contributed by atoms with Crippen LogP contribution in [-0.4, -0.2) is 26.2 Å². The van der Waals surface area contributed by atoms with Crippen LogP contribution < -0.4 is 15.8 Å². The molecule has 0 spiro atoms. The maximum Gasteiger partial charge on any atom is 0.267 e. The van der Waals surface area contributed by atoms with Gasteiger partial charge in [-0.2, -0.15) is 0 Å². The van der Waals surface area contributed by atoms with Gasteiger partial charge < -0.3 is 20.5 Å². The van der Waals surface area contributed by atoms with Crippen LogP contribution in [0.4, 0.5) is 11.4 Å². The molecular formula is C15H18N2O3S. The monoisotopic (exact) mass is 306 g/mol. The fourth-order valence-corrected chi connectivity index (χ4v) is 2.48. The molecule has 0 aliphatic carbocycles. The summed E-state index contributed by atoms with van der Waals surface area (Å²) in [7, 11) is 1.61. The summed E-state index contributed by atoms with van der Waals surface area (Å²) < 4.78 is 10.6. The summed E-state index contributed by atoms with van der Waals surface area (Å²) in [6.45, 7) is 2.87. The van der Waals surface area contributed by atoms with E-state index >= 15 is 0 Å². The van der Waals surface area contributed by atoms with Crippen LogP contribution in [0.3, 0.4) is 0 Å². The largest absolute Gasteiger partial charge is 0.489 e. The van der Waals surface area contributed by atoms with Gasteiger partial charge in [-0.25, -0.2) is 0 Å². The second kappa shape index (κ2) is 7.10. The number of nitrogen functional groups attached to an aromatic ring is 1. The number of nitrogens with two attached hydrogens (primary N) is 1. The number of benzene rings is 1. The van der Waals surface area contributed by atoms with Gasteiger partial charge in [-0.1, -0.05) is 6.07 Å². The van der Waals surface area contributed by atoms with Gasteiger partial charge in [0.1, 0.15) is 17.2 Å². The highest BCUT2D eigenvalue weighted by molar-refractivity contribution is 7.12. The van der Waals surface area contributed by atoms with Crippen molar-refractivity contribution in [2.75, 3.05) is 31.4 Å². The van der Waals surface area contributed by atoms with Gasteiger partial charge in [-0.3, -0.25) is 4.79 Å². The number of anilines is 2. The molecule has 1 aromatic heterocycles. The molecule has 112 valence electrons. The lowest BCUT2D eigenvalue weighted by atomic mass is 10.2. The molecule has 2 aromatic rings. The van der Waals surface area contributed by atoms with Crippen LogP contribution in [0.2, 0.25) is 0 Å². The highest BCUT2D eigenvalue weighted by Gasteiger charge is 2.14. The van der Waals surface area contributed by atoms with Gasteiger partial charge in [0.2, 0.25) is 0 Å². The molecule has 1 amide bonds. The third kappa shape index (κ3) is 3.96. The summed E-state index contributed by atoms with van der Waals surface area (Å²) >= 11 is 1.31. The number of hydrogen-bond acceptors (Lipinski definition) is 5. The van der Waals surface area contributed by atoms with Crippen LogP contribution >= 0.6 is 11.3 Å². The molecule has 0 aliphatic rings. The van der Waals surface area contributed by atoms with E-state index in [0.29, 0.717) is 35.2 Å². The molecule has 5 nitrogen and oxygen atoms in total. The Balaban J connectivity index is 2.15. The van der Waals surface area contributed by atoms with Crippen LogP contribution in [0.15, 0.2) is 29.6 Å². The second-order valence-corrected chi connectivity index (χ2v) is 5.42. The first kappa shape index (κ1) is 15.3. The average Bonchev–Trinajstić information content (AvgIpc) is 2.88. The molecule has 21 heavy (non-hydrogen) atoms. The molecule has 0 unspecified atom stereocenters. The number of carbonyl (C=O) groups excluding carboxylic acids is 1. The predicted octanol–water partition coefficient (Wildman–Crippen LogP) is 2.92. The van der Waals surface area contributed by atoms with Crippen molar-refractivity contribution in [1.82, 2.24) is 0 Å². The van der Waals surface area contributed by atoms with Gasteiger partial charge in [0.25, 0.3) is 5.91 Å². The van der Waals surface area contributed by atoms with Crippen molar-refractivity contribution < 1.29 is 14.3 Å². The lowest BCUT2D eigenvalue weighted by Gasteiger charge is -2.13. The van der Waals surface area contributed by atoms with E-state index in [-0.39, 0.29) is 5.91 Å². The Hall–Kier alpha value is -2.05. The van der Waals surface area contributed by atoms with Crippen molar-refractivity contribution in [3.63, 3.8) is 0 Å². The van der Waals surface area contributed by atoms with E-state index in [4.69, 9.17) is 15.2 Å². The van der Waals surface area contributed by atoms with E-state index < -0.39 is 0 Å². The molecule has 1 heterocycles. The molecule has 0 radical (unpaired) electrons. The normalized spacial score (nSPS) is 10.4. The number of nitrogens with one attached hydrogen (secondary N) is 1. The molecular weight excluding hydrogens is 288 g/mol. The smallest absolute Gasteiger partial charge is 0.267 e. The number of carbonyl (C=O) groups is 1. The summed E-state index contributed by atoms with van der Waals surface area (Å²) in [4.78, 5) is 12.7. The second-order valence-electron chi connectivity index (χ2n) is 4.50. The number of rotatable bonds is 6. The lowest BCUT2D eigenvalue weighted by Crippen LogP contribution is -2.14. The van der Waals surface area contributed by atoms with Gasteiger partial charge in [0.15, 0.2) is 0 Å². The minimum Gasteiger partial charge on any atom is -0.489 e. The van der Waals surface area contributed by atoms with Gasteiger partial charge in [-0.05, 0) is 36.1 Å². The van der Waals surface area contributed by atoms with E-state index in [9.17, 15) is 4.79 Å². The van der Waals surface area contributed by atoms with E-state index in [1.165, 1.54) is 11.3 Å². The quantitative estimate of drug-likeness (QED) is 0.805. The van der Waals surface area contributed by atoms with Crippen molar-refractivity contribution in [2.45, 2.75) is 6.92 Å². The maximum atomic E-state index is 12.2. The average molecular weight is 306 g/mol. The standard InChI is InChI=1S/C15H18N2O3S/c1-10-3-4-12(13(9-10)20-7-6-19-2)17-15(18)14-11(16)5-8-21-14/h3-5,8-9H,6-7,16H2,1-2H3,(H,17,18). The summed E-state index contributed by atoms with van der Waals surface area (Å²) in [6, 6.07) is 7.32. The van der Waals surface area contributed by atoms with E-state index in [1.807, 2.05) is 25.1 Å². The minimum absolute atomic E-state index is 0.233. The zero-order valence-electron chi connectivity index (χ0n) is 12.0. The Morgan fingerprint density at radius 3 is 2.81 bits per heavy atom. The number of methoxy groups -OCH3 is 1. The highest BCUT2D eigenvalue weighted by atomic mass is 32.1. The number of aryl methyl sites for hydroxylation is 1. The Kier molecular flexibility index (Phi) is 5.19. The first-order valence-corrected chi connectivity index (χ1v) is 7.36. The summed E-state index contributed by atoms with van der Waals surface area (Å²) in [5, 5.41) is 4.62. The molecule has 0 aliphatic heterocycles. The lowest BCUT2D eigenvalue weighted by molar-refractivity contribution is 0.103. The Morgan fingerprint density at radius 1 is 1.33 bits per heavy atom. The van der Waals surface area contributed by atoms with Gasteiger partial charge >= 0.3 is 0 Å². The molecule has 0 saturated carbocycles. The first-order valence-electron chi connectivity index (χ1n) is 6.48. The zero-order chi connectivity index (χ0) is 15.2. The fraction of sp³-hybridized carbons (Fsp3) is 0.267. The molecule has 0 bridgehead atoms. The number of ether oxygens (including phenoxy) is 2. The van der Waals surface area contributed by atoms with Crippen LogP contribution in [-0.2, 0) is 4.74 Å². The third-order valence-electron chi connectivity index (χ3n) is 2.83. The summed E-state index contributed by atoms with van der Waals surface area (Å²) in [5.41, 5.74) is 7.91. The van der Waals surface area contributed by atoms with Gasteiger partial charge in [-0.15, -0.1) is 11.3 Å². The molecule has 0 atom stereocenters. The van der Waals surface area contributed by atoms with Crippen LogP contribution in [0, 0.1) is 6.92 Å². The molecule has 6 heteroatoms. The summed E-state index contributed by atoms with van der Waals surface area (Å²) in [6.07, 6.45) is 0. The Morgan fingerprint density at radius 2 is 2.14 bits per heavy atom. The predicted molar refractivity (Wildman–Crippen MR) is 85.2 cm³/mol. The van der Waals surface area contributed by atoms with Crippen molar-refractivity contribution in [1.29, 1.82) is 0 Å². The molecule has 2 rings (SSSR count). The molecule has 0 saturated heterocycles. The van der Waals surface area contributed by atoms with Gasteiger partial charge in [0, 0.05) is 7.11 Å². The third-order valence-corrected chi connectivity index (χ3v) is 3.76. The highest BCUT2D eigenvalue weighted by Crippen LogP contribution is 2.28. The maximum absolute atomic E-state index is 12.2. The molecule has 3 N–H and O–H groups in total. The van der Waals surface area contributed by atoms with Gasteiger partial charge in [0.05, 0.1) is 18.0 Å².